The zero-order valence-corrected chi connectivity index (χ0v) is 11.5. The summed E-state index contributed by atoms with van der Waals surface area (Å²) < 4.78 is 5.26. The molecule has 1 saturated heterocycles. The van der Waals surface area contributed by atoms with Crippen LogP contribution in [0, 0.1) is 13.8 Å². The van der Waals surface area contributed by atoms with Gasteiger partial charge in [-0.05, 0) is 44.9 Å². The molecule has 2 aromatic rings. The molecule has 1 fully saturated rings. The van der Waals surface area contributed by atoms with E-state index in [0.717, 1.165) is 24.5 Å². The predicted octanol–water partition coefficient (Wildman–Crippen LogP) is 3.02. The quantitative estimate of drug-likeness (QED) is 0.847. The van der Waals surface area contributed by atoms with Crippen LogP contribution < -0.4 is 0 Å². The van der Waals surface area contributed by atoms with E-state index in [1.165, 1.54) is 24.0 Å². The highest BCUT2D eigenvalue weighted by atomic mass is 16.5. The molecule has 3 rings (SSSR count). The molecule has 0 radical (unpaired) electrons. The Kier molecular flexibility index (Phi) is 3.34. The minimum Gasteiger partial charge on any atom is -0.361 e. The summed E-state index contributed by atoms with van der Waals surface area (Å²) in [6, 6.07) is 4.66. The maximum atomic E-state index is 5.26. The average molecular weight is 257 g/mol. The van der Waals surface area contributed by atoms with E-state index < -0.39 is 0 Å². The second kappa shape index (κ2) is 5.13. The van der Waals surface area contributed by atoms with Crippen LogP contribution in [0.3, 0.4) is 0 Å². The van der Waals surface area contributed by atoms with E-state index in [-0.39, 0.29) is 0 Å². The van der Waals surface area contributed by atoms with E-state index in [1.54, 1.807) is 0 Å². The highest BCUT2D eigenvalue weighted by molar-refractivity contribution is 5.22. The second-order valence-electron chi connectivity index (χ2n) is 5.22. The zero-order valence-electron chi connectivity index (χ0n) is 11.5. The molecule has 0 amide bonds. The normalized spacial score (nSPS) is 20.0. The van der Waals surface area contributed by atoms with Crippen molar-refractivity contribution in [1.29, 1.82) is 0 Å². The standard InChI is InChI=1S/C15H19N3O/c1-11-14(12(2)19-17-11)10-18-8-4-6-15(18)13-5-3-7-16-9-13/h3,5,7,9,15H,4,6,8,10H2,1-2H3. The van der Waals surface area contributed by atoms with Crippen molar-refractivity contribution < 1.29 is 4.52 Å². The van der Waals surface area contributed by atoms with Crippen LogP contribution in [0.2, 0.25) is 0 Å². The van der Waals surface area contributed by atoms with Crippen molar-refractivity contribution in [2.45, 2.75) is 39.3 Å². The van der Waals surface area contributed by atoms with Crippen LogP contribution >= 0.6 is 0 Å². The zero-order chi connectivity index (χ0) is 13.2. The molecule has 0 aromatic carbocycles. The SMILES string of the molecule is Cc1noc(C)c1CN1CCCC1c1cccnc1. The van der Waals surface area contributed by atoms with Crippen LogP contribution in [0.5, 0.6) is 0 Å². The molecule has 1 unspecified atom stereocenters. The van der Waals surface area contributed by atoms with Crippen molar-refractivity contribution >= 4 is 0 Å². The molecular weight excluding hydrogens is 238 g/mol. The molecule has 2 aromatic heterocycles. The Labute approximate surface area is 113 Å². The van der Waals surface area contributed by atoms with E-state index in [0.29, 0.717) is 6.04 Å². The Balaban J connectivity index is 1.81. The lowest BCUT2D eigenvalue weighted by atomic mass is 10.1. The first-order chi connectivity index (χ1) is 9.25. The molecule has 1 atom stereocenters. The first-order valence-corrected chi connectivity index (χ1v) is 6.81. The topological polar surface area (TPSA) is 42.2 Å². The third-order valence-electron chi connectivity index (χ3n) is 3.98. The van der Waals surface area contributed by atoms with Crippen molar-refractivity contribution in [2.24, 2.45) is 0 Å². The summed E-state index contributed by atoms with van der Waals surface area (Å²) in [5.41, 5.74) is 3.55. The van der Waals surface area contributed by atoms with Gasteiger partial charge in [0.1, 0.15) is 5.76 Å². The van der Waals surface area contributed by atoms with Crippen LogP contribution in [0.1, 0.15) is 41.5 Å². The summed E-state index contributed by atoms with van der Waals surface area (Å²) in [6.07, 6.45) is 6.26. The Hall–Kier alpha value is -1.68. The summed E-state index contributed by atoms with van der Waals surface area (Å²) in [7, 11) is 0. The summed E-state index contributed by atoms with van der Waals surface area (Å²) >= 11 is 0. The number of likely N-dealkylation sites (tertiary alicyclic amines) is 1. The van der Waals surface area contributed by atoms with Gasteiger partial charge in [-0.25, -0.2) is 0 Å². The summed E-state index contributed by atoms with van der Waals surface area (Å²) in [4.78, 5) is 6.74. The lowest BCUT2D eigenvalue weighted by molar-refractivity contribution is 0.246. The fraction of sp³-hybridized carbons (Fsp3) is 0.467. The molecule has 19 heavy (non-hydrogen) atoms. The number of hydrogen-bond acceptors (Lipinski definition) is 4. The Morgan fingerprint density at radius 3 is 3.00 bits per heavy atom. The third-order valence-corrected chi connectivity index (χ3v) is 3.98. The molecule has 0 saturated carbocycles. The number of rotatable bonds is 3. The van der Waals surface area contributed by atoms with Crippen LogP contribution in [-0.4, -0.2) is 21.6 Å². The van der Waals surface area contributed by atoms with Crippen molar-refractivity contribution in [1.82, 2.24) is 15.0 Å². The van der Waals surface area contributed by atoms with Crippen LogP contribution in [0.25, 0.3) is 0 Å². The molecule has 3 heterocycles. The Bertz CT molecular complexity index is 530. The van der Waals surface area contributed by atoms with E-state index in [9.17, 15) is 0 Å². The predicted molar refractivity (Wildman–Crippen MR) is 72.6 cm³/mol. The lowest BCUT2D eigenvalue weighted by Gasteiger charge is -2.24. The van der Waals surface area contributed by atoms with Gasteiger partial charge in [-0.15, -0.1) is 0 Å². The monoisotopic (exact) mass is 257 g/mol. The number of aryl methyl sites for hydroxylation is 2. The van der Waals surface area contributed by atoms with Gasteiger partial charge in [0, 0.05) is 30.5 Å². The minimum absolute atomic E-state index is 0.474. The fourth-order valence-corrected chi connectivity index (χ4v) is 2.90. The average Bonchev–Trinajstić information content (AvgIpc) is 3.02. The van der Waals surface area contributed by atoms with Crippen molar-refractivity contribution in [3.05, 3.63) is 47.1 Å². The van der Waals surface area contributed by atoms with Crippen molar-refractivity contribution in [2.75, 3.05) is 6.54 Å². The largest absolute Gasteiger partial charge is 0.361 e. The van der Waals surface area contributed by atoms with Crippen molar-refractivity contribution in [3.63, 3.8) is 0 Å². The minimum atomic E-state index is 0.474. The van der Waals surface area contributed by atoms with Gasteiger partial charge in [0.05, 0.1) is 5.69 Å². The fourth-order valence-electron chi connectivity index (χ4n) is 2.90. The molecular formula is C15H19N3O. The number of nitrogens with zero attached hydrogens (tertiary/aromatic N) is 3. The molecule has 100 valence electrons. The number of hydrogen-bond donors (Lipinski definition) is 0. The van der Waals surface area contributed by atoms with E-state index in [2.05, 4.69) is 21.1 Å². The van der Waals surface area contributed by atoms with Crippen molar-refractivity contribution in [3.8, 4) is 0 Å². The summed E-state index contributed by atoms with van der Waals surface area (Å²) in [6.45, 7) is 6.05. The molecule has 0 bridgehead atoms. The second-order valence-corrected chi connectivity index (χ2v) is 5.22. The molecule has 0 N–H and O–H groups in total. The third kappa shape index (κ3) is 2.40. The maximum absolute atomic E-state index is 5.26. The van der Waals surface area contributed by atoms with Gasteiger partial charge >= 0.3 is 0 Å². The van der Waals surface area contributed by atoms with Gasteiger partial charge < -0.3 is 4.52 Å². The lowest BCUT2D eigenvalue weighted by Crippen LogP contribution is -2.23. The molecule has 0 spiro atoms. The Morgan fingerprint density at radius 2 is 2.32 bits per heavy atom. The van der Waals surface area contributed by atoms with Crippen LogP contribution in [0.15, 0.2) is 29.0 Å². The van der Waals surface area contributed by atoms with Crippen LogP contribution in [0.4, 0.5) is 0 Å². The van der Waals surface area contributed by atoms with E-state index in [1.807, 2.05) is 32.3 Å². The Morgan fingerprint density at radius 1 is 1.42 bits per heavy atom. The molecule has 4 nitrogen and oxygen atoms in total. The molecule has 4 heteroatoms. The van der Waals surface area contributed by atoms with E-state index in [4.69, 9.17) is 4.52 Å². The van der Waals surface area contributed by atoms with Crippen LogP contribution in [-0.2, 0) is 6.54 Å². The first-order valence-electron chi connectivity index (χ1n) is 6.81. The van der Waals surface area contributed by atoms with Gasteiger partial charge in [0.25, 0.3) is 0 Å². The van der Waals surface area contributed by atoms with Gasteiger partial charge in [0.15, 0.2) is 0 Å². The maximum Gasteiger partial charge on any atom is 0.138 e. The number of pyridine rings is 1. The molecule has 1 aliphatic heterocycles. The summed E-state index contributed by atoms with van der Waals surface area (Å²) in [5.74, 6) is 0.939. The van der Waals surface area contributed by atoms with Gasteiger partial charge in [-0.1, -0.05) is 11.2 Å². The highest BCUT2D eigenvalue weighted by Crippen LogP contribution is 2.33. The summed E-state index contributed by atoms with van der Waals surface area (Å²) in [5, 5.41) is 4.04. The van der Waals surface area contributed by atoms with E-state index >= 15 is 0 Å². The first kappa shape index (κ1) is 12.4. The molecule has 1 aliphatic rings. The van der Waals surface area contributed by atoms with Gasteiger partial charge in [-0.2, -0.15) is 0 Å². The smallest absolute Gasteiger partial charge is 0.138 e. The molecule has 0 aliphatic carbocycles. The number of aromatic nitrogens is 2. The van der Waals surface area contributed by atoms with Gasteiger partial charge in [-0.3, -0.25) is 9.88 Å². The van der Waals surface area contributed by atoms with Gasteiger partial charge in [0.2, 0.25) is 0 Å². The highest BCUT2D eigenvalue weighted by Gasteiger charge is 2.27.